The van der Waals surface area contributed by atoms with Crippen molar-refractivity contribution < 1.29 is 8.42 Å². The van der Waals surface area contributed by atoms with E-state index in [4.69, 9.17) is 23.2 Å². The summed E-state index contributed by atoms with van der Waals surface area (Å²) in [5.74, 6) is 0. The van der Waals surface area contributed by atoms with Crippen molar-refractivity contribution in [3.8, 4) is 0 Å². The van der Waals surface area contributed by atoms with Gasteiger partial charge in [0.25, 0.3) is 0 Å². The van der Waals surface area contributed by atoms with Gasteiger partial charge in [0.05, 0.1) is 10.0 Å². The number of sulfonamides is 1. The number of halogens is 4. The normalized spacial score (nSPS) is 12.9. The second-order valence-corrected chi connectivity index (χ2v) is 7.14. The highest BCUT2D eigenvalue weighted by molar-refractivity contribution is 9.10. The lowest BCUT2D eigenvalue weighted by Crippen LogP contribution is -2.37. The molecular formula is C10H14BrCl3N2O2S. The van der Waals surface area contributed by atoms with E-state index < -0.39 is 10.0 Å². The fraction of sp³-hybridized carbons (Fsp3) is 0.400. The molecule has 0 fully saturated rings. The molecule has 0 aliphatic rings. The average Bonchev–Trinajstić information content (AvgIpc) is 2.30. The number of benzene rings is 1. The van der Waals surface area contributed by atoms with Crippen LogP contribution in [0, 0.1) is 0 Å². The summed E-state index contributed by atoms with van der Waals surface area (Å²) >= 11 is 14.9. The molecule has 1 aromatic rings. The molecule has 9 heteroatoms. The molecule has 0 amide bonds. The first-order valence-corrected chi connectivity index (χ1v) is 8.12. The summed E-state index contributed by atoms with van der Waals surface area (Å²) in [7, 11) is -1.89. The standard InChI is InChI=1S/C10H13BrCl2N2O2S.ClH/c1-6(14-2)5-15-18(16,17)10-3-7(11)8(12)4-9(10)13;/h3-4,6,14-15H,5H2,1-2H3;1H. The van der Waals surface area contributed by atoms with E-state index in [2.05, 4.69) is 26.0 Å². The summed E-state index contributed by atoms with van der Waals surface area (Å²) < 4.78 is 27.1. The molecule has 2 N–H and O–H groups in total. The second kappa shape index (κ2) is 8.02. The molecule has 0 saturated carbocycles. The van der Waals surface area contributed by atoms with Crippen molar-refractivity contribution in [3.05, 3.63) is 26.7 Å². The van der Waals surface area contributed by atoms with Crippen LogP contribution in [0.4, 0.5) is 0 Å². The topological polar surface area (TPSA) is 58.2 Å². The zero-order chi connectivity index (χ0) is 13.9. The summed E-state index contributed by atoms with van der Waals surface area (Å²) in [6.45, 7) is 2.14. The predicted octanol–water partition coefficient (Wildman–Crippen LogP) is 3.06. The van der Waals surface area contributed by atoms with Crippen LogP contribution in [0.5, 0.6) is 0 Å². The van der Waals surface area contributed by atoms with Crippen LogP contribution < -0.4 is 10.0 Å². The minimum atomic E-state index is -3.65. The predicted molar refractivity (Wildman–Crippen MR) is 85.1 cm³/mol. The van der Waals surface area contributed by atoms with E-state index in [1.165, 1.54) is 12.1 Å². The molecule has 0 saturated heterocycles. The van der Waals surface area contributed by atoms with Gasteiger partial charge in [0.2, 0.25) is 10.0 Å². The number of hydrogen-bond donors (Lipinski definition) is 2. The van der Waals surface area contributed by atoms with Crippen LogP contribution in [-0.4, -0.2) is 28.1 Å². The number of likely N-dealkylation sites (N-methyl/N-ethyl adjacent to an activating group) is 1. The molecule has 1 aromatic carbocycles. The zero-order valence-electron chi connectivity index (χ0n) is 10.2. The van der Waals surface area contributed by atoms with Gasteiger partial charge in [-0.1, -0.05) is 23.2 Å². The van der Waals surface area contributed by atoms with Crippen molar-refractivity contribution in [2.45, 2.75) is 17.9 Å². The Kier molecular flexibility index (Phi) is 8.21. The lowest BCUT2D eigenvalue weighted by atomic mass is 10.4. The van der Waals surface area contributed by atoms with Crippen LogP contribution >= 0.6 is 51.5 Å². The first-order chi connectivity index (χ1) is 8.27. The van der Waals surface area contributed by atoms with Crippen molar-refractivity contribution in [2.24, 2.45) is 0 Å². The monoisotopic (exact) mass is 410 g/mol. The molecule has 0 bridgehead atoms. The Morgan fingerprint density at radius 2 is 1.89 bits per heavy atom. The van der Waals surface area contributed by atoms with Gasteiger partial charge in [-0.2, -0.15) is 0 Å². The molecule has 1 unspecified atom stereocenters. The van der Waals surface area contributed by atoms with E-state index in [-0.39, 0.29) is 34.9 Å². The quantitative estimate of drug-likeness (QED) is 0.731. The van der Waals surface area contributed by atoms with Crippen LogP contribution in [0.3, 0.4) is 0 Å². The molecule has 1 rings (SSSR count). The van der Waals surface area contributed by atoms with E-state index in [9.17, 15) is 8.42 Å². The Bertz CT molecular complexity index is 540. The maximum Gasteiger partial charge on any atom is 0.242 e. The van der Waals surface area contributed by atoms with Crippen LogP contribution in [0.25, 0.3) is 0 Å². The Labute approximate surface area is 137 Å². The van der Waals surface area contributed by atoms with E-state index in [0.29, 0.717) is 9.50 Å². The Hall–Kier alpha value is 0.440. The van der Waals surface area contributed by atoms with Crippen LogP contribution in [0.1, 0.15) is 6.92 Å². The minimum Gasteiger partial charge on any atom is -0.316 e. The highest BCUT2D eigenvalue weighted by Gasteiger charge is 2.20. The molecule has 0 aliphatic carbocycles. The molecule has 0 aliphatic heterocycles. The number of hydrogen-bond acceptors (Lipinski definition) is 3. The van der Waals surface area contributed by atoms with Gasteiger partial charge in [0, 0.05) is 17.1 Å². The van der Waals surface area contributed by atoms with Crippen molar-refractivity contribution in [3.63, 3.8) is 0 Å². The first kappa shape index (κ1) is 19.4. The molecule has 0 aromatic heterocycles. The molecule has 1 atom stereocenters. The SMILES string of the molecule is CNC(C)CNS(=O)(=O)c1cc(Br)c(Cl)cc1Cl.Cl. The fourth-order valence-electron chi connectivity index (χ4n) is 1.12. The molecule has 0 radical (unpaired) electrons. The largest absolute Gasteiger partial charge is 0.316 e. The second-order valence-electron chi connectivity index (χ2n) is 3.74. The lowest BCUT2D eigenvalue weighted by molar-refractivity contribution is 0.554. The van der Waals surface area contributed by atoms with Crippen LogP contribution in [0.2, 0.25) is 10.0 Å². The average molecular weight is 413 g/mol. The molecule has 0 spiro atoms. The summed E-state index contributed by atoms with van der Waals surface area (Å²) in [6, 6.07) is 2.80. The summed E-state index contributed by atoms with van der Waals surface area (Å²) in [6.07, 6.45) is 0. The fourth-order valence-corrected chi connectivity index (χ4v) is 3.52. The Morgan fingerprint density at radius 3 is 2.42 bits per heavy atom. The van der Waals surface area contributed by atoms with E-state index in [0.717, 1.165) is 0 Å². The maximum atomic E-state index is 12.0. The summed E-state index contributed by atoms with van der Waals surface area (Å²) in [4.78, 5) is 0.00347. The van der Waals surface area contributed by atoms with Gasteiger partial charge in [-0.3, -0.25) is 0 Å². The third-order valence-electron chi connectivity index (χ3n) is 2.34. The maximum absolute atomic E-state index is 12.0. The summed E-state index contributed by atoms with van der Waals surface area (Å²) in [5, 5.41) is 3.39. The highest BCUT2D eigenvalue weighted by Crippen LogP contribution is 2.31. The highest BCUT2D eigenvalue weighted by atomic mass is 79.9. The van der Waals surface area contributed by atoms with Gasteiger partial charge in [-0.15, -0.1) is 12.4 Å². The van der Waals surface area contributed by atoms with Crippen molar-refractivity contribution in [1.29, 1.82) is 0 Å². The smallest absolute Gasteiger partial charge is 0.242 e. The first-order valence-electron chi connectivity index (χ1n) is 5.09. The molecular weight excluding hydrogens is 398 g/mol. The number of nitrogens with one attached hydrogen (secondary N) is 2. The Balaban J connectivity index is 0.00000324. The van der Waals surface area contributed by atoms with E-state index >= 15 is 0 Å². The molecule has 0 heterocycles. The Morgan fingerprint density at radius 1 is 1.32 bits per heavy atom. The third kappa shape index (κ3) is 5.38. The van der Waals surface area contributed by atoms with Gasteiger partial charge < -0.3 is 5.32 Å². The molecule has 19 heavy (non-hydrogen) atoms. The molecule has 4 nitrogen and oxygen atoms in total. The summed E-state index contributed by atoms with van der Waals surface area (Å²) in [5.41, 5.74) is 0. The van der Waals surface area contributed by atoms with E-state index in [1.54, 1.807) is 7.05 Å². The van der Waals surface area contributed by atoms with E-state index in [1.807, 2.05) is 6.92 Å². The van der Waals surface area contributed by atoms with Crippen molar-refractivity contribution in [2.75, 3.05) is 13.6 Å². The number of rotatable bonds is 5. The van der Waals surface area contributed by atoms with Gasteiger partial charge in [0.1, 0.15) is 4.90 Å². The molecule has 110 valence electrons. The lowest BCUT2D eigenvalue weighted by Gasteiger charge is -2.13. The third-order valence-corrected chi connectivity index (χ3v) is 5.42. The van der Waals surface area contributed by atoms with Gasteiger partial charge in [-0.25, -0.2) is 13.1 Å². The zero-order valence-corrected chi connectivity index (χ0v) is 14.9. The van der Waals surface area contributed by atoms with Crippen LogP contribution in [0.15, 0.2) is 21.5 Å². The van der Waals surface area contributed by atoms with Crippen molar-refractivity contribution >= 4 is 61.6 Å². The van der Waals surface area contributed by atoms with Gasteiger partial charge in [0.15, 0.2) is 0 Å². The minimum absolute atomic E-state index is 0. The van der Waals surface area contributed by atoms with Gasteiger partial charge in [-0.05, 0) is 42.0 Å². The van der Waals surface area contributed by atoms with Crippen molar-refractivity contribution in [1.82, 2.24) is 10.0 Å². The van der Waals surface area contributed by atoms with Crippen LogP contribution in [-0.2, 0) is 10.0 Å². The van der Waals surface area contributed by atoms with Gasteiger partial charge >= 0.3 is 0 Å².